The van der Waals surface area contributed by atoms with Crippen LogP contribution in [0.1, 0.15) is 11.1 Å². The van der Waals surface area contributed by atoms with Crippen molar-refractivity contribution >= 4 is 18.0 Å². The maximum Gasteiger partial charge on any atom is 0.325 e. The SMILES string of the molecule is COC(=O)CN(Cc1cc(OC)cc(OC)c1)C(=O)C1=Cc2ccccc2OC1. The first-order valence-electron chi connectivity index (χ1n) is 9.04. The van der Waals surface area contributed by atoms with Crippen LogP contribution in [0.5, 0.6) is 17.2 Å². The Morgan fingerprint density at radius 1 is 1.03 bits per heavy atom. The molecule has 0 bridgehead atoms. The van der Waals surface area contributed by atoms with Crippen LogP contribution >= 0.6 is 0 Å². The number of amides is 1. The maximum atomic E-state index is 13.2. The molecular formula is C22H23NO6. The molecule has 3 rings (SSSR count). The van der Waals surface area contributed by atoms with Gasteiger partial charge < -0.3 is 23.8 Å². The Morgan fingerprint density at radius 2 is 1.72 bits per heavy atom. The Kier molecular flexibility index (Phi) is 6.39. The van der Waals surface area contributed by atoms with Crippen molar-refractivity contribution in [2.24, 2.45) is 0 Å². The molecular weight excluding hydrogens is 374 g/mol. The van der Waals surface area contributed by atoms with Crippen molar-refractivity contribution in [1.82, 2.24) is 4.90 Å². The molecule has 0 spiro atoms. The number of ether oxygens (including phenoxy) is 4. The molecule has 7 heteroatoms. The number of rotatable bonds is 7. The highest BCUT2D eigenvalue weighted by Crippen LogP contribution is 2.28. The largest absolute Gasteiger partial charge is 0.497 e. The predicted octanol–water partition coefficient (Wildman–Crippen LogP) is 2.68. The molecule has 1 heterocycles. The van der Waals surface area contributed by atoms with E-state index >= 15 is 0 Å². The van der Waals surface area contributed by atoms with Gasteiger partial charge in [-0.15, -0.1) is 0 Å². The Morgan fingerprint density at radius 3 is 2.38 bits per heavy atom. The van der Waals surface area contributed by atoms with Crippen molar-refractivity contribution in [3.63, 3.8) is 0 Å². The molecule has 0 N–H and O–H groups in total. The van der Waals surface area contributed by atoms with Crippen molar-refractivity contribution in [2.75, 3.05) is 34.5 Å². The summed E-state index contributed by atoms with van der Waals surface area (Å²) < 4.78 is 21.0. The molecule has 29 heavy (non-hydrogen) atoms. The lowest BCUT2D eigenvalue weighted by Gasteiger charge is -2.25. The summed E-state index contributed by atoms with van der Waals surface area (Å²) in [6.45, 7) is 0.128. The van der Waals surface area contributed by atoms with Gasteiger partial charge in [0.05, 0.1) is 26.9 Å². The monoisotopic (exact) mass is 397 g/mol. The van der Waals surface area contributed by atoms with E-state index in [1.54, 1.807) is 38.5 Å². The summed E-state index contributed by atoms with van der Waals surface area (Å²) in [6.07, 6.45) is 1.79. The van der Waals surface area contributed by atoms with Crippen molar-refractivity contribution in [2.45, 2.75) is 6.54 Å². The normalized spacial score (nSPS) is 12.2. The van der Waals surface area contributed by atoms with E-state index in [4.69, 9.17) is 18.9 Å². The molecule has 2 aromatic carbocycles. The Bertz CT molecular complexity index is 914. The van der Waals surface area contributed by atoms with E-state index in [1.165, 1.54) is 12.0 Å². The smallest absolute Gasteiger partial charge is 0.325 e. The predicted molar refractivity (Wildman–Crippen MR) is 107 cm³/mol. The number of methoxy groups -OCH3 is 3. The van der Waals surface area contributed by atoms with Crippen LogP contribution in [0.4, 0.5) is 0 Å². The third-order valence-electron chi connectivity index (χ3n) is 4.53. The van der Waals surface area contributed by atoms with Crippen molar-refractivity contribution in [3.8, 4) is 17.2 Å². The average Bonchev–Trinajstić information content (AvgIpc) is 2.77. The molecule has 0 fully saturated rings. The highest BCUT2D eigenvalue weighted by Gasteiger charge is 2.25. The summed E-state index contributed by atoms with van der Waals surface area (Å²) >= 11 is 0. The molecule has 0 saturated carbocycles. The van der Waals surface area contributed by atoms with Crippen molar-refractivity contribution in [1.29, 1.82) is 0 Å². The van der Waals surface area contributed by atoms with Gasteiger partial charge in [-0.2, -0.15) is 0 Å². The molecule has 152 valence electrons. The summed E-state index contributed by atoms with van der Waals surface area (Å²) in [5.41, 5.74) is 2.04. The second-order valence-electron chi connectivity index (χ2n) is 6.45. The number of hydrogen-bond donors (Lipinski definition) is 0. The summed E-state index contributed by atoms with van der Waals surface area (Å²) in [4.78, 5) is 26.5. The first-order valence-corrected chi connectivity index (χ1v) is 9.04. The molecule has 1 aliphatic heterocycles. The lowest BCUT2D eigenvalue weighted by Crippen LogP contribution is -2.38. The van der Waals surface area contributed by atoms with E-state index in [-0.39, 0.29) is 25.6 Å². The Balaban J connectivity index is 1.89. The van der Waals surface area contributed by atoms with E-state index in [2.05, 4.69) is 0 Å². The van der Waals surface area contributed by atoms with Gasteiger partial charge in [-0.3, -0.25) is 9.59 Å². The van der Waals surface area contributed by atoms with E-state index in [0.29, 0.717) is 17.1 Å². The lowest BCUT2D eigenvalue weighted by molar-refractivity contribution is -0.146. The van der Waals surface area contributed by atoms with Gasteiger partial charge in [-0.05, 0) is 29.8 Å². The van der Waals surface area contributed by atoms with Crippen LogP contribution in [-0.4, -0.2) is 51.3 Å². The summed E-state index contributed by atoms with van der Waals surface area (Å²) in [5.74, 6) is 1.11. The third kappa shape index (κ3) is 4.87. The van der Waals surface area contributed by atoms with Gasteiger partial charge in [0, 0.05) is 18.2 Å². The van der Waals surface area contributed by atoms with E-state index in [9.17, 15) is 9.59 Å². The number of nitrogens with zero attached hydrogens (tertiary/aromatic N) is 1. The third-order valence-corrected chi connectivity index (χ3v) is 4.53. The first-order chi connectivity index (χ1) is 14.0. The zero-order valence-corrected chi connectivity index (χ0v) is 16.6. The number of hydrogen-bond acceptors (Lipinski definition) is 6. The number of carbonyl (C=O) groups excluding carboxylic acids is 2. The van der Waals surface area contributed by atoms with Gasteiger partial charge in [0.25, 0.3) is 5.91 Å². The topological polar surface area (TPSA) is 74.3 Å². The number of esters is 1. The molecule has 0 unspecified atom stereocenters. The Hall–Kier alpha value is -3.48. The van der Waals surface area contributed by atoms with E-state index in [1.807, 2.05) is 24.3 Å². The first kappa shape index (κ1) is 20.3. The number of para-hydroxylation sites is 1. The van der Waals surface area contributed by atoms with Crippen LogP contribution in [0.2, 0.25) is 0 Å². The number of carbonyl (C=O) groups is 2. The molecule has 0 radical (unpaired) electrons. The fourth-order valence-corrected chi connectivity index (χ4v) is 3.04. The van der Waals surface area contributed by atoms with Gasteiger partial charge in [-0.25, -0.2) is 0 Å². The molecule has 0 aromatic heterocycles. The number of benzene rings is 2. The molecule has 0 saturated heterocycles. The molecule has 0 atom stereocenters. The zero-order chi connectivity index (χ0) is 20.8. The highest BCUT2D eigenvalue weighted by atomic mass is 16.5. The quantitative estimate of drug-likeness (QED) is 0.669. The molecule has 0 aliphatic carbocycles. The standard InChI is InChI=1S/C22H23NO6/c1-26-18-8-15(9-19(11-18)27-2)12-23(13-21(24)28-3)22(25)17-10-16-6-4-5-7-20(16)29-14-17/h4-11H,12-14H2,1-3H3. The van der Waals surface area contributed by atoms with Crippen molar-refractivity contribution in [3.05, 3.63) is 59.2 Å². The van der Waals surface area contributed by atoms with E-state index < -0.39 is 5.97 Å². The lowest BCUT2D eigenvalue weighted by atomic mass is 10.1. The van der Waals surface area contributed by atoms with Crippen LogP contribution < -0.4 is 14.2 Å². The van der Waals surface area contributed by atoms with Gasteiger partial charge in [0.15, 0.2) is 0 Å². The minimum atomic E-state index is -0.508. The van der Waals surface area contributed by atoms with E-state index in [0.717, 1.165) is 16.9 Å². The minimum Gasteiger partial charge on any atom is -0.497 e. The second-order valence-corrected chi connectivity index (χ2v) is 6.45. The minimum absolute atomic E-state index is 0.134. The highest BCUT2D eigenvalue weighted by molar-refractivity contribution is 6.00. The zero-order valence-electron chi connectivity index (χ0n) is 16.6. The van der Waals surface area contributed by atoms with Gasteiger partial charge >= 0.3 is 5.97 Å². The van der Waals surface area contributed by atoms with Crippen LogP contribution in [0.25, 0.3) is 6.08 Å². The van der Waals surface area contributed by atoms with Gasteiger partial charge in [-0.1, -0.05) is 18.2 Å². The average molecular weight is 397 g/mol. The van der Waals surface area contributed by atoms with Crippen LogP contribution in [0.3, 0.4) is 0 Å². The summed E-state index contributed by atoms with van der Waals surface area (Å²) in [5, 5.41) is 0. The van der Waals surface area contributed by atoms with Crippen LogP contribution in [0.15, 0.2) is 48.0 Å². The maximum absolute atomic E-state index is 13.2. The van der Waals surface area contributed by atoms with Gasteiger partial charge in [0.2, 0.25) is 0 Å². The fourth-order valence-electron chi connectivity index (χ4n) is 3.04. The second kappa shape index (κ2) is 9.14. The summed E-state index contributed by atoms with van der Waals surface area (Å²) in [7, 11) is 4.40. The van der Waals surface area contributed by atoms with Crippen LogP contribution in [0, 0.1) is 0 Å². The Labute approximate surface area is 169 Å². The van der Waals surface area contributed by atoms with Crippen molar-refractivity contribution < 1.29 is 28.5 Å². The molecule has 1 aliphatic rings. The number of fused-ring (bicyclic) bond motifs is 1. The molecule has 2 aromatic rings. The van der Waals surface area contributed by atoms with Gasteiger partial charge in [0.1, 0.15) is 30.4 Å². The van der Waals surface area contributed by atoms with Crippen LogP contribution in [-0.2, 0) is 20.9 Å². The molecule has 1 amide bonds. The summed E-state index contributed by atoms with van der Waals surface area (Å²) in [6, 6.07) is 12.8. The fraction of sp³-hybridized carbons (Fsp3) is 0.273. The molecule has 7 nitrogen and oxygen atoms in total.